The quantitative estimate of drug-likeness (QED) is 0.271. The number of rotatable bonds is 8. The number of benzene rings is 2. The predicted molar refractivity (Wildman–Crippen MR) is 176 cm³/mol. The monoisotopic (exact) mass is 652 g/mol. The molecule has 12 heteroatoms. The van der Waals surface area contributed by atoms with E-state index in [1.165, 1.54) is 26.4 Å². The lowest BCUT2D eigenvalue weighted by atomic mass is 9.77. The molecule has 6 rings (SSSR count). The van der Waals surface area contributed by atoms with Crippen LogP contribution in [0.4, 0.5) is 24.5 Å². The maximum atomic E-state index is 13.7. The number of fused-ring (bicyclic) bond motifs is 1. The number of nitrogens with one attached hydrogen (secondary N) is 3. The molecule has 0 radical (unpaired) electrons. The molecule has 0 atom stereocenters. The number of ether oxygens (including phenoxy) is 2. The first-order valence-electron chi connectivity index (χ1n) is 16.4. The van der Waals surface area contributed by atoms with E-state index >= 15 is 0 Å². The fraction of sp³-hybridized carbons (Fsp3) is 0.543. The number of piperidine rings is 1. The van der Waals surface area contributed by atoms with Gasteiger partial charge in [-0.3, -0.25) is 4.79 Å². The minimum atomic E-state index is -4.44. The summed E-state index contributed by atoms with van der Waals surface area (Å²) in [6, 6.07) is 11.1. The Kier molecular flexibility index (Phi) is 9.85. The molecule has 0 unspecified atom stereocenters. The number of methoxy groups -OCH3 is 1. The first kappa shape index (κ1) is 33.0. The van der Waals surface area contributed by atoms with Crippen molar-refractivity contribution < 1.29 is 27.4 Å². The molecule has 1 aliphatic carbocycles. The molecule has 2 aromatic carbocycles. The largest absolute Gasteiger partial charge is 0.495 e. The average molecular weight is 653 g/mol. The van der Waals surface area contributed by atoms with Gasteiger partial charge in [0.1, 0.15) is 17.8 Å². The van der Waals surface area contributed by atoms with Gasteiger partial charge in [0.2, 0.25) is 0 Å². The minimum absolute atomic E-state index is 0.0505. The molecule has 0 bridgehead atoms. The number of carbonyl (C=O) groups excluding carboxylic acids is 1. The van der Waals surface area contributed by atoms with E-state index < -0.39 is 12.7 Å². The van der Waals surface area contributed by atoms with E-state index in [0.717, 1.165) is 62.2 Å². The van der Waals surface area contributed by atoms with Gasteiger partial charge >= 0.3 is 6.18 Å². The zero-order valence-electron chi connectivity index (χ0n) is 27.0. The highest BCUT2D eigenvalue weighted by molar-refractivity contribution is 5.95. The maximum Gasteiger partial charge on any atom is 0.406 e. The third kappa shape index (κ3) is 7.63. The Hall–Kier alpha value is -3.95. The summed E-state index contributed by atoms with van der Waals surface area (Å²) in [5.41, 5.74) is 3.06. The lowest BCUT2D eigenvalue weighted by Gasteiger charge is -2.44. The zero-order chi connectivity index (χ0) is 33.0. The second-order valence-electron chi connectivity index (χ2n) is 12.9. The molecule has 3 heterocycles. The number of carbonyl (C=O) groups is 1. The Bertz CT molecular complexity index is 1620. The summed E-state index contributed by atoms with van der Waals surface area (Å²) < 4.78 is 53.4. The zero-order valence-corrected chi connectivity index (χ0v) is 27.0. The smallest absolute Gasteiger partial charge is 0.406 e. The van der Waals surface area contributed by atoms with Crippen LogP contribution in [-0.2, 0) is 11.3 Å². The van der Waals surface area contributed by atoms with Crippen LogP contribution in [0.3, 0.4) is 0 Å². The second kappa shape index (κ2) is 14.0. The Labute approximate surface area is 273 Å². The molecule has 3 aliphatic rings. The van der Waals surface area contributed by atoms with Crippen molar-refractivity contribution in [1.82, 2.24) is 19.8 Å². The van der Waals surface area contributed by atoms with E-state index in [4.69, 9.17) is 9.47 Å². The lowest BCUT2D eigenvalue weighted by Crippen LogP contribution is -2.47. The van der Waals surface area contributed by atoms with E-state index in [0.29, 0.717) is 39.5 Å². The molecule has 3 aromatic rings. The molecular formula is C35H43F3N6O3. The molecular weight excluding hydrogens is 609 g/mol. The van der Waals surface area contributed by atoms with Crippen molar-refractivity contribution in [2.24, 2.45) is 5.41 Å². The molecule has 252 valence electrons. The summed E-state index contributed by atoms with van der Waals surface area (Å²) in [6.45, 7) is 3.03. The number of hydrogen-bond acceptors (Lipinski definition) is 7. The van der Waals surface area contributed by atoms with E-state index in [-0.39, 0.29) is 24.3 Å². The molecule has 3 fully saturated rings. The topological polar surface area (TPSA) is 92.7 Å². The minimum Gasteiger partial charge on any atom is -0.495 e. The van der Waals surface area contributed by atoms with Crippen molar-refractivity contribution in [1.29, 1.82) is 0 Å². The van der Waals surface area contributed by atoms with Crippen LogP contribution < -0.4 is 20.7 Å². The lowest BCUT2D eigenvalue weighted by molar-refractivity contribution is -0.140. The Morgan fingerprint density at radius 3 is 2.57 bits per heavy atom. The van der Waals surface area contributed by atoms with Gasteiger partial charge in [-0.25, -0.2) is 4.98 Å². The summed E-state index contributed by atoms with van der Waals surface area (Å²) in [6.07, 6.45) is 3.39. The van der Waals surface area contributed by atoms with Crippen LogP contribution in [-0.4, -0.2) is 85.6 Å². The Balaban J connectivity index is 1.13. The number of hydrogen-bond donors (Lipinski definition) is 3. The first-order valence-corrected chi connectivity index (χ1v) is 16.4. The normalized spacial score (nSPS) is 21.3. The van der Waals surface area contributed by atoms with Gasteiger partial charge in [-0.15, -0.1) is 0 Å². The van der Waals surface area contributed by atoms with Crippen LogP contribution in [0.1, 0.15) is 61.1 Å². The molecule has 3 N–H and O–H groups in total. The van der Waals surface area contributed by atoms with Gasteiger partial charge in [0.15, 0.2) is 5.82 Å². The van der Waals surface area contributed by atoms with Gasteiger partial charge in [0.05, 0.1) is 37.2 Å². The number of alkyl halides is 3. The second-order valence-corrected chi connectivity index (χ2v) is 12.9. The van der Waals surface area contributed by atoms with Gasteiger partial charge in [0.25, 0.3) is 5.91 Å². The van der Waals surface area contributed by atoms with Crippen molar-refractivity contribution in [3.05, 3.63) is 47.8 Å². The highest BCUT2D eigenvalue weighted by Crippen LogP contribution is 2.41. The molecule has 2 aliphatic heterocycles. The van der Waals surface area contributed by atoms with E-state index in [9.17, 15) is 18.0 Å². The average Bonchev–Trinajstić information content (AvgIpc) is 3.67. The summed E-state index contributed by atoms with van der Waals surface area (Å²) in [5, 5.41) is 9.29. The maximum absolute atomic E-state index is 13.7. The summed E-state index contributed by atoms with van der Waals surface area (Å²) in [7, 11) is 3.04. The number of halogens is 3. The fourth-order valence-corrected chi connectivity index (χ4v) is 7.30. The van der Waals surface area contributed by atoms with Crippen LogP contribution in [0, 0.1) is 17.3 Å². The number of imidazole rings is 1. The van der Waals surface area contributed by atoms with Crippen LogP contribution in [0.15, 0.2) is 36.4 Å². The fourth-order valence-electron chi connectivity index (χ4n) is 7.30. The molecule has 1 spiro atoms. The SMILES string of the molecule is CNC(=O)c1ccc(NCC#Cc2nc3c(N[C@H]4CC[C@H](N5CCC6(CCOC6)CC5)CC4)cccc3n2CC(F)(F)F)c(OC)c1. The van der Waals surface area contributed by atoms with Gasteiger partial charge in [-0.2, -0.15) is 13.2 Å². The van der Waals surface area contributed by atoms with Gasteiger partial charge in [-0.1, -0.05) is 12.0 Å². The summed E-state index contributed by atoms with van der Waals surface area (Å²) in [5.74, 6) is 6.02. The van der Waals surface area contributed by atoms with Crippen LogP contribution >= 0.6 is 0 Å². The number of likely N-dealkylation sites (tertiary alicyclic amines) is 1. The molecule has 1 aromatic heterocycles. The third-order valence-electron chi connectivity index (χ3n) is 9.99. The number of nitrogens with zero attached hydrogens (tertiary/aromatic N) is 3. The Morgan fingerprint density at radius 2 is 1.89 bits per heavy atom. The third-order valence-corrected chi connectivity index (χ3v) is 9.99. The van der Waals surface area contributed by atoms with Crippen molar-refractivity contribution in [2.75, 3.05) is 57.6 Å². The summed E-state index contributed by atoms with van der Waals surface area (Å²) in [4.78, 5) is 19.2. The van der Waals surface area contributed by atoms with Gasteiger partial charge < -0.3 is 34.9 Å². The molecule has 1 saturated carbocycles. The van der Waals surface area contributed by atoms with Crippen molar-refractivity contribution in [2.45, 2.75) is 69.8 Å². The van der Waals surface area contributed by atoms with Gasteiger partial charge in [0, 0.05) is 31.3 Å². The Morgan fingerprint density at radius 1 is 1.11 bits per heavy atom. The molecule has 2 saturated heterocycles. The highest BCUT2D eigenvalue weighted by atomic mass is 19.4. The summed E-state index contributed by atoms with van der Waals surface area (Å²) >= 11 is 0. The van der Waals surface area contributed by atoms with Crippen LogP contribution in [0.25, 0.3) is 11.0 Å². The van der Waals surface area contributed by atoms with Crippen molar-refractivity contribution in [3.63, 3.8) is 0 Å². The van der Waals surface area contributed by atoms with Crippen molar-refractivity contribution in [3.8, 4) is 17.6 Å². The standard InChI is InChI=1S/C35H43F3N6O3/c1-39-33(45)24-8-13-27(30(21-24)46-2)40-17-4-7-31-42-32-28(5-3-6-29(32)44(31)22-35(36,37)38)41-25-9-11-26(12-10-25)43-18-14-34(15-19-43)16-20-47-23-34/h3,5-6,8,13,21,25-26,40-41H,9-12,14-20,22-23H2,1-2H3,(H,39,45)/t25-,26-. The first-order chi connectivity index (χ1) is 22.7. The highest BCUT2D eigenvalue weighted by Gasteiger charge is 2.40. The molecule has 47 heavy (non-hydrogen) atoms. The number of para-hydroxylation sites is 1. The number of anilines is 2. The predicted octanol–water partition coefficient (Wildman–Crippen LogP) is 5.66. The van der Waals surface area contributed by atoms with Crippen molar-refractivity contribution >= 4 is 28.3 Å². The van der Waals surface area contributed by atoms with Crippen LogP contribution in [0.2, 0.25) is 0 Å². The molecule has 1 amide bonds. The van der Waals surface area contributed by atoms with Gasteiger partial charge in [-0.05, 0) is 99.7 Å². The number of aromatic nitrogens is 2. The van der Waals surface area contributed by atoms with Crippen LogP contribution in [0.5, 0.6) is 5.75 Å². The van der Waals surface area contributed by atoms with E-state index in [1.54, 1.807) is 37.4 Å². The van der Waals surface area contributed by atoms with E-state index in [2.05, 4.69) is 37.7 Å². The number of amides is 1. The molecule has 9 nitrogen and oxygen atoms in total. The van der Waals surface area contributed by atoms with E-state index in [1.807, 2.05) is 6.07 Å².